The number of carbonyl (C=O) groups excluding carboxylic acids is 1. The van der Waals surface area contributed by atoms with Crippen LogP contribution in [0.1, 0.15) is 25.3 Å². The van der Waals surface area contributed by atoms with Crippen molar-refractivity contribution in [3.05, 3.63) is 53.2 Å². The van der Waals surface area contributed by atoms with Crippen molar-refractivity contribution >= 4 is 17.5 Å². The molecular formula is C20H22N4O4. The van der Waals surface area contributed by atoms with E-state index < -0.39 is 4.92 Å². The second kappa shape index (κ2) is 8.77. The van der Waals surface area contributed by atoms with Crippen LogP contribution in [0.2, 0.25) is 0 Å². The molecule has 0 aliphatic carbocycles. The molecule has 1 saturated heterocycles. The van der Waals surface area contributed by atoms with Gasteiger partial charge < -0.3 is 9.64 Å². The van der Waals surface area contributed by atoms with Gasteiger partial charge in [-0.2, -0.15) is 0 Å². The van der Waals surface area contributed by atoms with Crippen molar-refractivity contribution in [1.29, 1.82) is 0 Å². The molecule has 1 aliphatic rings. The number of nitrogens with zero attached hydrogens (tertiary/aromatic N) is 4. The normalized spacial score (nSPS) is 14.7. The number of rotatable bonds is 6. The molecule has 3 rings (SSSR count). The van der Waals surface area contributed by atoms with Crippen LogP contribution in [0.15, 0.2) is 30.6 Å². The van der Waals surface area contributed by atoms with Crippen molar-refractivity contribution in [2.24, 2.45) is 5.92 Å². The summed E-state index contributed by atoms with van der Waals surface area (Å²) in [7, 11) is 0. The molecule has 1 aromatic heterocycles. The molecule has 0 saturated carbocycles. The van der Waals surface area contributed by atoms with Gasteiger partial charge in [-0.15, -0.1) is 0 Å². The molecule has 2 aromatic rings. The third-order valence-corrected chi connectivity index (χ3v) is 4.86. The van der Waals surface area contributed by atoms with E-state index in [1.807, 2.05) is 17.0 Å². The number of benzene rings is 1. The fourth-order valence-corrected chi connectivity index (χ4v) is 3.37. The van der Waals surface area contributed by atoms with Gasteiger partial charge in [-0.3, -0.25) is 14.9 Å². The highest BCUT2D eigenvalue weighted by atomic mass is 16.6. The van der Waals surface area contributed by atoms with Crippen LogP contribution in [0.3, 0.4) is 0 Å². The molecule has 2 radical (unpaired) electrons. The minimum atomic E-state index is -0.445. The number of nitro groups is 1. The van der Waals surface area contributed by atoms with Crippen LogP contribution < -0.4 is 4.90 Å². The predicted octanol–water partition coefficient (Wildman–Crippen LogP) is 3.08. The van der Waals surface area contributed by atoms with Gasteiger partial charge >= 0.3 is 11.7 Å². The monoisotopic (exact) mass is 382 g/mol. The van der Waals surface area contributed by atoms with E-state index in [1.54, 1.807) is 19.1 Å². The lowest BCUT2D eigenvalue weighted by atomic mass is 9.97. The summed E-state index contributed by atoms with van der Waals surface area (Å²) in [6.45, 7) is 8.73. The van der Waals surface area contributed by atoms with E-state index in [0.717, 1.165) is 5.56 Å². The number of hydrogen-bond donors (Lipinski definition) is 0. The number of ether oxygens (including phenoxy) is 1. The molecule has 0 unspecified atom stereocenters. The zero-order chi connectivity index (χ0) is 20.1. The highest BCUT2D eigenvalue weighted by Crippen LogP contribution is 2.36. The molecule has 8 heteroatoms. The molecule has 146 valence electrons. The van der Waals surface area contributed by atoms with E-state index in [0.29, 0.717) is 44.5 Å². The van der Waals surface area contributed by atoms with Gasteiger partial charge in [0.1, 0.15) is 6.33 Å². The van der Waals surface area contributed by atoms with Gasteiger partial charge in [-0.25, -0.2) is 9.97 Å². The average Bonchev–Trinajstić information content (AvgIpc) is 2.73. The van der Waals surface area contributed by atoms with E-state index in [1.165, 1.54) is 6.33 Å². The Kier molecular flexibility index (Phi) is 6.18. The molecule has 2 heterocycles. The highest BCUT2D eigenvalue weighted by Gasteiger charge is 2.32. The summed E-state index contributed by atoms with van der Waals surface area (Å²) in [6.07, 6.45) is 2.87. The molecule has 0 amide bonds. The molecular weight excluding hydrogens is 360 g/mol. The third-order valence-electron chi connectivity index (χ3n) is 4.86. The Morgan fingerprint density at radius 3 is 2.54 bits per heavy atom. The van der Waals surface area contributed by atoms with Crippen LogP contribution in [0.5, 0.6) is 0 Å². The summed E-state index contributed by atoms with van der Waals surface area (Å²) in [6, 6.07) is 7.19. The SMILES string of the molecule is [CH]Cc1ccc(-c2ncnc(N3CCC(C(=O)OCC)CC3)c2[N+](=O)[O-])cc1. The predicted molar refractivity (Wildman–Crippen MR) is 104 cm³/mol. The first-order chi connectivity index (χ1) is 13.5. The van der Waals surface area contributed by atoms with Crippen LogP contribution in [0, 0.1) is 23.0 Å². The van der Waals surface area contributed by atoms with Crippen molar-refractivity contribution < 1.29 is 14.5 Å². The largest absolute Gasteiger partial charge is 0.466 e. The Balaban J connectivity index is 1.88. The molecule has 0 N–H and O–H groups in total. The molecule has 0 spiro atoms. The lowest BCUT2D eigenvalue weighted by Gasteiger charge is -2.31. The van der Waals surface area contributed by atoms with Crippen molar-refractivity contribution in [2.45, 2.75) is 26.2 Å². The number of carbonyl (C=O) groups is 1. The summed E-state index contributed by atoms with van der Waals surface area (Å²) in [5.74, 6) is -0.111. The second-order valence-corrected chi connectivity index (χ2v) is 6.57. The quantitative estimate of drug-likeness (QED) is 0.430. The first kappa shape index (κ1) is 19.7. The maximum atomic E-state index is 11.9. The Morgan fingerprint density at radius 2 is 1.96 bits per heavy atom. The summed E-state index contributed by atoms with van der Waals surface area (Å²) >= 11 is 0. The number of hydrogen-bond acceptors (Lipinski definition) is 7. The molecule has 1 fully saturated rings. The van der Waals surface area contributed by atoms with Crippen molar-refractivity contribution in [3.63, 3.8) is 0 Å². The first-order valence-electron chi connectivity index (χ1n) is 9.25. The Hall–Kier alpha value is -3.03. The number of piperidine rings is 1. The third kappa shape index (κ3) is 4.11. The fourth-order valence-electron chi connectivity index (χ4n) is 3.37. The molecule has 0 atom stereocenters. The summed E-state index contributed by atoms with van der Waals surface area (Å²) in [4.78, 5) is 33.5. The standard InChI is InChI=1S/C20H22N4O4/c1-3-14-5-7-15(8-6-14)17-18(24(26)27)19(22-13-21-17)23-11-9-16(10-12-23)20(25)28-4-2/h1,5-8,13,16H,3-4,9-12H2,2H3. The maximum Gasteiger partial charge on any atom is 0.337 e. The van der Waals surface area contributed by atoms with Crippen LogP contribution >= 0.6 is 0 Å². The van der Waals surface area contributed by atoms with Gasteiger partial charge in [0.2, 0.25) is 5.82 Å². The lowest BCUT2D eigenvalue weighted by molar-refractivity contribution is -0.383. The van der Waals surface area contributed by atoms with Crippen molar-refractivity contribution in [2.75, 3.05) is 24.6 Å². The van der Waals surface area contributed by atoms with Gasteiger partial charge in [0.25, 0.3) is 0 Å². The summed E-state index contributed by atoms with van der Waals surface area (Å²) < 4.78 is 5.08. The van der Waals surface area contributed by atoms with Gasteiger partial charge in [0.05, 0.1) is 17.4 Å². The summed E-state index contributed by atoms with van der Waals surface area (Å²) in [5.41, 5.74) is 1.71. The summed E-state index contributed by atoms with van der Waals surface area (Å²) in [5, 5.41) is 11.8. The Morgan fingerprint density at radius 1 is 1.29 bits per heavy atom. The van der Waals surface area contributed by atoms with Gasteiger partial charge in [0, 0.05) is 18.7 Å². The molecule has 8 nitrogen and oxygen atoms in total. The molecule has 28 heavy (non-hydrogen) atoms. The minimum absolute atomic E-state index is 0.127. The Labute approximate surface area is 163 Å². The van der Waals surface area contributed by atoms with E-state index >= 15 is 0 Å². The van der Waals surface area contributed by atoms with Gasteiger partial charge in [-0.1, -0.05) is 24.3 Å². The van der Waals surface area contributed by atoms with Crippen molar-refractivity contribution in [3.8, 4) is 11.3 Å². The number of esters is 1. The molecule has 1 aliphatic heterocycles. The van der Waals surface area contributed by atoms with E-state index in [2.05, 4.69) is 9.97 Å². The Bertz CT molecular complexity index is 846. The van der Waals surface area contributed by atoms with E-state index in [-0.39, 0.29) is 29.1 Å². The van der Waals surface area contributed by atoms with E-state index in [9.17, 15) is 14.9 Å². The van der Waals surface area contributed by atoms with Crippen LogP contribution in [0.25, 0.3) is 11.3 Å². The molecule has 1 aromatic carbocycles. The second-order valence-electron chi connectivity index (χ2n) is 6.57. The van der Waals surface area contributed by atoms with Gasteiger partial charge in [-0.05, 0) is 38.7 Å². The highest BCUT2D eigenvalue weighted by molar-refractivity contribution is 5.78. The van der Waals surface area contributed by atoms with E-state index in [4.69, 9.17) is 11.7 Å². The average molecular weight is 382 g/mol. The number of anilines is 1. The lowest BCUT2D eigenvalue weighted by Crippen LogP contribution is -2.37. The smallest absolute Gasteiger partial charge is 0.337 e. The first-order valence-corrected chi connectivity index (χ1v) is 9.25. The van der Waals surface area contributed by atoms with Crippen LogP contribution in [0.4, 0.5) is 11.5 Å². The van der Waals surface area contributed by atoms with Crippen molar-refractivity contribution in [1.82, 2.24) is 9.97 Å². The fraction of sp³-hybridized carbons (Fsp3) is 0.400. The van der Waals surface area contributed by atoms with Crippen LogP contribution in [-0.2, 0) is 16.0 Å². The molecule has 0 bridgehead atoms. The van der Waals surface area contributed by atoms with Gasteiger partial charge in [0.15, 0.2) is 5.69 Å². The maximum absolute atomic E-state index is 11.9. The van der Waals surface area contributed by atoms with Crippen LogP contribution in [-0.4, -0.2) is 40.6 Å². The zero-order valence-electron chi connectivity index (χ0n) is 15.7. The topological polar surface area (TPSA) is 98.5 Å². The minimum Gasteiger partial charge on any atom is -0.466 e. The zero-order valence-corrected chi connectivity index (χ0v) is 15.7. The number of aromatic nitrogens is 2.